The molecule has 0 spiro atoms. The zero-order chi connectivity index (χ0) is 10.6. The van der Waals surface area contributed by atoms with Crippen molar-refractivity contribution in [2.45, 2.75) is 34.1 Å². The molecule has 2 atom stereocenters. The van der Waals surface area contributed by atoms with Gasteiger partial charge in [-0.15, -0.1) is 0 Å². The molecule has 74 valence electrons. The molecule has 0 radical (unpaired) electrons. The van der Waals surface area contributed by atoms with Crippen molar-refractivity contribution in [2.24, 2.45) is 11.8 Å². The standard InChI is InChI=1S/C10H16O2S/c1-5-9(13)10(8(4)12)6(2)7(3)11/h6,10H,5H2,1-4H3. The van der Waals surface area contributed by atoms with Crippen molar-refractivity contribution in [3.63, 3.8) is 0 Å². The number of carbonyl (C=O) groups excluding carboxylic acids is 2. The van der Waals surface area contributed by atoms with E-state index in [2.05, 4.69) is 0 Å². The van der Waals surface area contributed by atoms with Crippen LogP contribution in [0, 0.1) is 11.8 Å². The highest BCUT2D eigenvalue weighted by Gasteiger charge is 2.27. The largest absolute Gasteiger partial charge is 0.300 e. The minimum Gasteiger partial charge on any atom is -0.300 e. The Hall–Kier alpha value is -0.570. The maximum atomic E-state index is 11.3. The van der Waals surface area contributed by atoms with Crippen LogP contribution in [-0.4, -0.2) is 16.4 Å². The average molecular weight is 200 g/mol. The maximum absolute atomic E-state index is 11.3. The summed E-state index contributed by atoms with van der Waals surface area (Å²) in [4.78, 5) is 23.0. The Morgan fingerprint density at radius 1 is 1.23 bits per heavy atom. The molecule has 2 unspecified atom stereocenters. The zero-order valence-corrected chi connectivity index (χ0v) is 9.40. The zero-order valence-electron chi connectivity index (χ0n) is 8.59. The first-order chi connectivity index (χ1) is 5.91. The third-order valence-electron chi connectivity index (χ3n) is 2.27. The van der Waals surface area contributed by atoms with E-state index in [1.165, 1.54) is 13.8 Å². The van der Waals surface area contributed by atoms with Gasteiger partial charge in [0.25, 0.3) is 0 Å². The van der Waals surface area contributed by atoms with Crippen molar-refractivity contribution < 1.29 is 9.59 Å². The van der Waals surface area contributed by atoms with E-state index in [1.807, 2.05) is 6.92 Å². The van der Waals surface area contributed by atoms with Gasteiger partial charge in [0.15, 0.2) is 0 Å². The lowest BCUT2D eigenvalue weighted by Gasteiger charge is -2.19. The summed E-state index contributed by atoms with van der Waals surface area (Å²) >= 11 is 5.08. The van der Waals surface area contributed by atoms with E-state index >= 15 is 0 Å². The van der Waals surface area contributed by atoms with E-state index in [9.17, 15) is 9.59 Å². The molecule has 0 saturated carbocycles. The molecule has 13 heavy (non-hydrogen) atoms. The second kappa shape index (κ2) is 5.22. The van der Waals surface area contributed by atoms with Crippen molar-refractivity contribution in [3.05, 3.63) is 0 Å². The summed E-state index contributed by atoms with van der Waals surface area (Å²) in [6.07, 6.45) is 0.678. The third-order valence-corrected chi connectivity index (χ3v) is 2.82. The van der Waals surface area contributed by atoms with E-state index in [4.69, 9.17) is 12.2 Å². The van der Waals surface area contributed by atoms with E-state index in [0.29, 0.717) is 11.3 Å². The van der Waals surface area contributed by atoms with Gasteiger partial charge in [0.2, 0.25) is 0 Å². The molecule has 0 aliphatic carbocycles. The van der Waals surface area contributed by atoms with Crippen LogP contribution in [0.15, 0.2) is 0 Å². The molecule has 0 bridgehead atoms. The topological polar surface area (TPSA) is 34.1 Å². The Morgan fingerprint density at radius 3 is 1.92 bits per heavy atom. The van der Waals surface area contributed by atoms with Crippen LogP contribution in [0.4, 0.5) is 0 Å². The number of Topliss-reactive ketones (excluding diaryl/α,β-unsaturated/α-hetero) is 2. The summed E-state index contributed by atoms with van der Waals surface area (Å²) in [6, 6.07) is 0. The maximum Gasteiger partial charge on any atom is 0.138 e. The molecule has 0 aromatic carbocycles. The van der Waals surface area contributed by atoms with Gasteiger partial charge in [0.1, 0.15) is 11.6 Å². The number of carbonyl (C=O) groups is 2. The highest BCUT2D eigenvalue weighted by Crippen LogP contribution is 2.18. The second-order valence-corrected chi connectivity index (χ2v) is 3.83. The van der Waals surface area contributed by atoms with Crippen LogP contribution in [0.5, 0.6) is 0 Å². The Bertz CT molecular complexity index is 233. The van der Waals surface area contributed by atoms with Crippen LogP contribution < -0.4 is 0 Å². The smallest absolute Gasteiger partial charge is 0.138 e. The van der Waals surface area contributed by atoms with Crippen molar-refractivity contribution >= 4 is 28.6 Å². The van der Waals surface area contributed by atoms with Gasteiger partial charge >= 0.3 is 0 Å². The number of hydrogen-bond acceptors (Lipinski definition) is 3. The first-order valence-electron chi connectivity index (χ1n) is 4.45. The highest BCUT2D eigenvalue weighted by molar-refractivity contribution is 7.80. The summed E-state index contributed by atoms with van der Waals surface area (Å²) in [5, 5.41) is 0. The fourth-order valence-electron chi connectivity index (χ4n) is 1.31. The summed E-state index contributed by atoms with van der Waals surface area (Å²) in [5.41, 5.74) is 0. The Morgan fingerprint density at radius 2 is 1.69 bits per heavy atom. The van der Waals surface area contributed by atoms with E-state index in [1.54, 1.807) is 6.92 Å². The van der Waals surface area contributed by atoms with Crippen LogP contribution in [0.1, 0.15) is 34.1 Å². The van der Waals surface area contributed by atoms with Crippen molar-refractivity contribution in [1.82, 2.24) is 0 Å². The molecule has 0 aliphatic heterocycles. The Balaban J connectivity index is 4.71. The lowest BCUT2D eigenvalue weighted by molar-refractivity contribution is -0.127. The Kier molecular flexibility index (Phi) is 4.99. The number of thiocarbonyl (C=S) groups is 1. The van der Waals surface area contributed by atoms with E-state index < -0.39 is 0 Å². The van der Waals surface area contributed by atoms with Gasteiger partial charge in [-0.05, 0) is 20.3 Å². The minimum absolute atomic E-state index is 0.00505. The molecule has 0 fully saturated rings. The van der Waals surface area contributed by atoms with Crippen LogP contribution in [0.3, 0.4) is 0 Å². The van der Waals surface area contributed by atoms with Gasteiger partial charge in [-0.2, -0.15) is 0 Å². The quantitative estimate of drug-likeness (QED) is 0.638. The summed E-state index contributed by atoms with van der Waals surface area (Å²) in [6.45, 7) is 6.66. The molecule has 0 aliphatic rings. The van der Waals surface area contributed by atoms with Crippen LogP contribution in [-0.2, 0) is 9.59 Å². The highest BCUT2D eigenvalue weighted by atomic mass is 32.1. The fourth-order valence-corrected chi connectivity index (χ4v) is 1.68. The van der Waals surface area contributed by atoms with E-state index in [-0.39, 0.29) is 23.4 Å². The first kappa shape index (κ1) is 12.4. The van der Waals surface area contributed by atoms with Gasteiger partial charge in [0, 0.05) is 10.8 Å². The summed E-state index contributed by atoms with van der Waals surface area (Å²) in [5.74, 6) is -0.618. The predicted molar refractivity (Wildman–Crippen MR) is 56.9 cm³/mol. The SMILES string of the molecule is CCC(=S)C(C(C)=O)C(C)C(C)=O. The molecule has 0 saturated heterocycles. The third kappa shape index (κ3) is 3.35. The molecule has 0 rings (SSSR count). The first-order valence-corrected chi connectivity index (χ1v) is 4.86. The van der Waals surface area contributed by atoms with E-state index in [0.717, 1.165) is 0 Å². The summed E-state index contributed by atoms with van der Waals surface area (Å²) < 4.78 is 0. The molecule has 0 heterocycles. The minimum atomic E-state index is -0.363. The van der Waals surface area contributed by atoms with Crippen molar-refractivity contribution in [1.29, 1.82) is 0 Å². The van der Waals surface area contributed by atoms with Gasteiger partial charge < -0.3 is 0 Å². The molecule has 2 nitrogen and oxygen atoms in total. The second-order valence-electron chi connectivity index (χ2n) is 3.31. The van der Waals surface area contributed by atoms with Crippen molar-refractivity contribution in [2.75, 3.05) is 0 Å². The lowest BCUT2D eigenvalue weighted by atomic mass is 9.84. The van der Waals surface area contributed by atoms with Gasteiger partial charge in [-0.25, -0.2) is 0 Å². The lowest BCUT2D eigenvalue weighted by Crippen LogP contribution is -2.30. The molecular formula is C10H16O2S. The monoisotopic (exact) mass is 200 g/mol. The number of ketones is 2. The van der Waals surface area contributed by atoms with Crippen LogP contribution in [0.25, 0.3) is 0 Å². The fraction of sp³-hybridized carbons (Fsp3) is 0.700. The van der Waals surface area contributed by atoms with Crippen LogP contribution in [0.2, 0.25) is 0 Å². The van der Waals surface area contributed by atoms with Crippen LogP contribution >= 0.6 is 12.2 Å². The molecule has 0 amide bonds. The molecule has 0 aromatic rings. The van der Waals surface area contributed by atoms with Gasteiger partial charge in [0.05, 0.1) is 5.92 Å². The van der Waals surface area contributed by atoms with Crippen molar-refractivity contribution in [3.8, 4) is 0 Å². The van der Waals surface area contributed by atoms with Gasteiger partial charge in [-0.1, -0.05) is 26.1 Å². The average Bonchev–Trinajstić information content (AvgIpc) is 2.03. The predicted octanol–water partition coefficient (Wildman–Crippen LogP) is 2.20. The molecular weight excluding hydrogens is 184 g/mol. The van der Waals surface area contributed by atoms with Gasteiger partial charge in [-0.3, -0.25) is 9.59 Å². The number of rotatable bonds is 5. The normalized spacial score (nSPS) is 14.8. The molecule has 3 heteroatoms. The molecule has 0 N–H and O–H groups in total. The molecule has 0 aromatic heterocycles. The Labute approximate surface area is 84.7 Å². The summed E-state index contributed by atoms with van der Waals surface area (Å²) in [7, 11) is 0. The number of hydrogen-bond donors (Lipinski definition) is 0.